The number of ether oxygens (including phenoxy) is 2. The second-order valence-electron chi connectivity index (χ2n) is 6.69. The minimum atomic E-state index is -0.739. The summed E-state index contributed by atoms with van der Waals surface area (Å²) in [5.74, 6) is 0.407. The first kappa shape index (κ1) is 22.3. The molecule has 0 fully saturated rings. The van der Waals surface area contributed by atoms with Gasteiger partial charge in [-0.15, -0.1) is 5.10 Å². The average molecular weight is 438 g/mol. The largest absolute Gasteiger partial charge is 0.493 e. The highest BCUT2D eigenvalue weighted by molar-refractivity contribution is 5.84. The molecule has 32 heavy (non-hydrogen) atoms. The van der Waals surface area contributed by atoms with Gasteiger partial charge >= 0.3 is 5.69 Å². The van der Waals surface area contributed by atoms with Crippen LogP contribution in [0.5, 0.6) is 11.5 Å². The van der Waals surface area contributed by atoms with Gasteiger partial charge in [0, 0.05) is 0 Å². The predicted octanol–water partition coefficient (Wildman–Crippen LogP) is 0.916. The summed E-state index contributed by atoms with van der Waals surface area (Å²) in [5, 5.41) is 11.9. The lowest BCUT2D eigenvalue weighted by Crippen LogP contribution is -2.31. The maximum atomic E-state index is 11.9. The van der Waals surface area contributed by atoms with Crippen LogP contribution in [0.1, 0.15) is 16.7 Å². The maximum Gasteiger partial charge on any atom is 0.342 e. The molecule has 4 N–H and O–H groups in total. The highest BCUT2D eigenvalue weighted by atomic mass is 16.5. The van der Waals surface area contributed by atoms with Crippen LogP contribution in [0.3, 0.4) is 0 Å². The number of H-pyrrole nitrogens is 2. The Labute approximate surface area is 182 Å². The van der Waals surface area contributed by atoms with Crippen LogP contribution in [-0.2, 0) is 11.4 Å². The van der Waals surface area contributed by atoms with Gasteiger partial charge in [0.2, 0.25) is 5.82 Å². The van der Waals surface area contributed by atoms with Crippen LogP contribution in [0.4, 0.5) is 5.82 Å². The summed E-state index contributed by atoms with van der Waals surface area (Å²) >= 11 is 0. The van der Waals surface area contributed by atoms with Crippen molar-refractivity contribution < 1.29 is 14.3 Å². The number of rotatable bonds is 9. The molecule has 0 saturated carbocycles. The van der Waals surface area contributed by atoms with E-state index in [2.05, 4.69) is 26.0 Å². The van der Waals surface area contributed by atoms with Gasteiger partial charge in [0.1, 0.15) is 6.61 Å². The number of anilines is 1. The van der Waals surface area contributed by atoms with Crippen molar-refractivity contribution in [2.45, 2.75) is 13.5 Å². The molecule has 166 valence electrons. The lowest BCUT2D eigenvalue weighted by molar-refractivity contribution is -0.119. The van der Waals surface area contributed by atoms with Crippen molar-refractivity contribution in [3.63, 3.8) is 0 Å². The molecule has 1 heterocycles. The van der Waals surface area contributed by atoms with E-state index in [0.29, 0.717) is 23.7 Å². The van der Waals surface area contributed by atoms with E-state index in [-0.39, 0.29) is 12.4 Å². The van der Waals surface area contributed by atoms with Crippen LogP contribution in [0, 0.1) is 6.92 Å². The minimum absolute atomic E-state index is 0.185. The number of hydrogen-bond acceptors (Lipinski definition) is 8. The number of nitrogens with zero attached hydrogens (tertiary/aromatic N) is 2. The van der Waals surface area contributed by atoms with Gasteiger partial charge in [-0.25, -0.2) is 15.3 Å². The molecule has 0 aliphatic rings. The Hall–Kier alpha value is -4.41. The van der Waals surface area contributed by atoms with Gasteiger partial charge in [-0.2, -0.15) is 5.10 Å². The average Bonchev–Trinajstić information content (AvgIpc) is 2.77. The molecule has 0 unspecified atom stereocenters. The number of carbonyl (C=O) groups is 1. The summed E-state index contributed by atoms with van der Waals surface area (Å²) in [6.07, 6.45) is 1.44. The summed E-state index contributed by atoms with van der Waals surface area (Å²) in [6, 6.07) is 13.3. The van der Waals surface area contributed by atoms with E-state index in [1.165, 1.54) is 13.3 Å². The van der Waals surface area contributed by atoms with E-state index in [9.17, 15) is 14.4 Å². The first-order chi connectivity index (χ1) is 15.4. The van der Waals surface area contributed by atoms with Crippen molar-refractivity contribution in [2.75, 3.05) is 19.0 Å². The van der Waals surface area contributed by atoms with E-state index < -0.39 is 17.2 Å². The molecule has 3 aromatic rings. The summed E-state index contributed by atoms with van der Waals surface area (Å²) in [5.41, 5.74) is 3.73. The van der Waals surface area contributed by atoms with Gasteiger partial charge < -0.3 is 14.8 Å². The Morgan fingerprint density at radius 1 is 1.19 bits per heavy atom. The number of carbonyl (C=O) groups excluding carboxylic acids is 1. The Balaban J connectivity index is 1.54. The van der Waals surface area contributed by atoms with Crippen molar-refractivity contribution in [1.82, 2.24) is 20.6 Å². The van der Waals surface area contributed by atoms with Crippen molar-refractivity contribution in [1.29, 1.82) is 0 Å². The molecule has 0 aliphatic heterocycles. The number of aryl methyl sites for hydroxylation is 1. The first-order valence-electron chi connectivity index (χ1n) is 9.56. The molecule has 0 aliphatic carbocycles. The van der Waals surface area contributed by atoms with E-state index in [1.807, 2.05) is 36.2 Å². The fourth-order valence-corrected chi connectivity index (χ4v) is 2.70. The molecule has 0 radical (unpaired) electrons. The number of nitrogens with one attached hydrogen (secondary N) is 4. The Bertz CT molecular complexity index is 1230. The van der Waals surface area contributed by atoms with Crippen LogP contribution in [0.15, 0.2) is 57.2 Å². The minimum Gasteiger partial charge on any atom is -0.493 e. The number of methoxy groups -OCH3 is 1. The summed E-state index contributed by atoms with van der Waals surface area (Å²) in [6.45, 7) is 2.16. The zero-order chi connectivity index (χ0) is 22.9. The molecular formula is C21H22N6O5. The second kappa shape index (κ2) is 10.6. The molecule has 11 heteroatoms. The van der Waals surface area contributed by atoms with Crippen LogP contribution >= 0.6 is 0 Å². The Morgan fingerprint density at radius 2 is 2.03 bits per heavy atom. The fourth-order valence-electron chi connectivity index (χ4n) is 2.70. The number of hydrogen-bond donors (Lipinski definition) is 4. The molecular weight excluding hydrogens is 416 g/mol. The van der Waals surface area contributed by atoms with Crippen LogP contribution in [0.25, 0.3) is 0 Å². The summed E-state index contributed by atoms with van der Waals surface area (Å²) in [7, 11) is 1.54. The zero-order valence-electron chi connectivity index (χ0n) is 17.5. The number of aromatic amines is 2. The lowest BCUT2D eigenvalue weighted by Gasteiger charge is -2.11. The molecule has 2 aromatic carbocycles. The SMILES string of the molecule is COc1cc(/C=N/NC(=O)CNc2n[nH]c(=O)[nH]c2=O)ccc1OCc1cccc(C)c1. The summed E-state index contributed by atoms with van der Waals surface area (Å²) < 4.78 is 11.2. The van der Waals surface area contributed by atoms with Crippen molar-refractivity contribution in [3.05, 3.63) is 80.0 Å². The highest BCUT2D eigenvalue weighted by Crippen LogP contribution is 2.28. The molecule has 1 amide bonds. The smallest absolute Gasteiger partial charge is 0.342 e. The third-order valence-electron chi connectivity index (χ3n) is 4.20. The van der Waals surface area contributed by atoms with Gasteiger partial charge in [-0.3, -0.25) is 14.6 Å². The zero-order valence-corrected chi connectivity index (χ0v) is 17.5. The predicted molar refractivity (Wildman–Crippen MR) is 118 cm³/mol. The van der Waals surface area contributed by atoms with E-state index in [1.54, 1.807) is 18.2 Å². The topological polar surface area (TPSA) is 151 Å². The summed E-state index contributed by atoms with van der Waals surface area (Å²) in [4.78, 5) is 36.3. The number of benzene rings is 2. The molecule has 11 nitrogen and oxygen atoms in total. The van der Waals surface area contributed by atoms with E-state index in [0.717, 1.165) is 11.1 Å². The Kier molecular flexibility index (Phi) is 7.36. The third kappa shape index (κ3) is 6.29. The van der Waals surface area contributed by atoms with Crippen LogP contribution < -0.4 is 31.5 Å². The highest BCUT2D eigenvalue weighted by Gasteiger charge is 2.07. The first-order valence-corrected chi connectivity index (χ1v) is 9.56. The standard InChI is InChI=1S/C21H22N6O5/c1-13-4-3-5-15(8-13)12-32-16-7-6-14(9-17(16)31-2)10-23-25-18(28)11-22-19-20(29)24-21(30)27-26-19/h3-10H,11-12H2,1-2H3,(H,22,26)(H,25,28)(H2,24,27,29,30)/b23-10+. The molecule has 0 atom stereocenters. The van der Waals surface area contributed by atoms with Gasteiger partial charge in [0.05, 0.1) is 19.9 Å². The second-order valence-corrected chi connectivity index (χ2v) is 6.69. The van der Waals surface area contributed by atoms with Crippen LogP contribution in [0.2, 0.25) is 0 Å². The molecule has 3 rings (SSSR count). The van der Waals surface area contributed by atoms with Gasteiger partial charge in [-0.05, 0) is 36.2 Å². The third-order valence-corrected chi connectivity index (χ3v) is 4.20. The molecule has 0 spiro atoms. The van der Waals surface area contributed by atoms with Crippen molar-refractivity contribution >= 4 is 17.9 Å². The number of hydrazone groups is 1. The van der Waals surface area contributed by atoms with Gasteiger partial charge in [-0.1, -0.05) is 29.8 Å². The van der Waals surface area contributed by atoms with Gasteiger partial charge in [0.15, 0.2) is 11.5 Å². The van der Waals surface area contributed by atoms with E-state index in [4.69, 9.17) is 9.47 Å². The fraction of sp³-hybridized carbons (Fsp3) is 0.190. The normalized spacial score (nSPS) is 10.7. The quantitative estimate of drug-likeness (QED) is 0.286. The van der Waals surface area contributed by atoms with E-state index >= 15 is 0 Å². The molecule has 1 aromatic heterocycles. The Morgan fingerprint density at radius 3 is 2.78 bits per heavy atom. The lowest BCUT2D eigenvalue weighted by atomic mass is 10.1. The van der Waals surface area contributed by atoms with Crippen molar-refractivity contribution in [3.8, 4) is 11.5 Å². The van der Waals surface area contributed by atoms with Crippen molar-refractivity contribution in [2.24, 2.45) is 5.10 Å². The molecule has 0 saturated heterocycles. The number of amides is 1. The molecule has 0 bridgehead atoms. The van der Waals surface area contributed by atoms with Crippen LogP contribution in [-0.4, -0.2) is 41.0 Å². The monoisotopic (exact) mass is 438 g/mol. The number of aromatic nitrogens is 3. The van der Waals surface area contributed by atoms with Gasteiger partial charge in [0.25, 0.3) is 11.5 Å². The maximum absolute atomic E-state index is 11.9.